The lowest BCUT2D eigenvalue weighted by Crippen LogP contribution is -2.50. The summed E-state index contributed by atoms with van der Waals surface area (Å²) in [7, 11) is 0. The van der Waals surface area contributed by atoms with Gasteiger partial charge in [-0.3, -0.25) is 19.2 Å². The summed E-state index contributed by atoms with van der Waals surface area (Å²) in [6, 6.07) is 5.06. The maximum atomic E-state index is 12.3. The highest BCUT2D eigenvalue weighted by molar-refractivity contribution is 5.97. The minimum absolute atomic E-state index is 0.0810. The van der Waals surface area contributed by atoms with Crippen LogP contribution in [0.5, 0.6) is 5.75 Å². The Kier molecular flexibility index (Phi) is 5.68. The zero-order valence-corrected chi connectivity index (χ0v) is 13.4. The van der Waals surface area contributed by atoms with Crippen LogP contribution >= 0.6 is 0 Å². The average molecular weight is 332 g/mol. The van der Waals surface area contributed by atoms with Crippen LogP contribution in [0.4, 0.5) is 0 Å². The number of ketones is 1. The predicted octanol–water partition coefficient (Wildman–Crippen LogP) is 0.955. The normalized spacial score (nSPS) is 18.5. The molecule has 2 amide bonds. The van der Waals surface area contributed by atoms with Crippen molar-refractivity contribution < 1.29 is 23.9 Å². The zero-order chi connectivity index (χ0) is 17.7. The number of primary amides is 1. The van der Waals surface area contributed by atoms with Gasteiger partial charge < -0.3 is 15.8 Å². The van der Waals surface area contributed by atoms with Crippen LogP contribution in [0.15, 0.2) is 24.3 Å². The largest absolute Gasteiger partial charge is 0.427 e. The molecule has 1 fully saturated rings. The molecule has 24 heavy (non-hydrogen) atoms. The van der Waals surface area contributed by atoms with Gasteiger partial charge in [0.25, 0.3) is 5.91 Å². The second-order valence-electron chi connectivity index (χ2n) is 5.87. The van der Waals surface area contributed by atoms with E-state index in [1.165, 1.54) is 31.2 Å². The van der Waals surface area contributed by atoms with Crippen LogP contribution in [-0.4, -0.2) is 29.6 Å². The number of carbonyl (C=O) groups excluding carboxylic acids is 4. The number of Topliss-reactive ketones (excluding diaryl/α,β-unsaturated/α-hetero) is 1. The van der Waals surface area contributed by atoms with Crippen LogP contribution in [0.2, 0.25) is 0 Å². The Labute approximate surface area is 139 Å². The highest BCUT2D eigenvalue weighted by Gasteiger charge is 2.32. The van der Waals surface area contributed by atoms with Crippen molar-refractivity contribution in [1.29, 1.82) is 0 Å². The molecule has 128 valence electrons. The Bertz CT molecular complexity index is 653. The second kappa shape index (κ2) is 7.72. The molecule has 1 aliphatic rings. The first-order valence-electron chi connectivity index (χ1n) is 7.77. The van der Waals surface area contributed by atoms with Crippen LogP contribution in [0, 0.1) is 5.92 Å². The molecular weight excluding hydrogens is 312 g/mol. The molecule has 0 heterocycles. The molecule has 0 radical (unpaired) electrons. The Morgan fingerprint density at radius 2 is 1.92 bits per heavy atom. The van der Waals surface area contributed by atoms with E-state index in [1.54, 1.807) is 0 Å². The number of hydrogen-bond acceptors (Lipinski definition) is 5. The fourth-order valence-corrected chi connectivity index (χ4v) is 2.83. The van der Waals surface area contributed by atoms with Crippen molar-refractivity contribution in [2.45, 2.75) is 38.6 Å². The van der Waals surface area contributed by atoms with Gasteiger partial charge in [-0.1, -0.05) is 0 Å². The maximum absolute atomic E-state index is 12.3. The number of nitrogens with one attached hydrogen (secondary N) is 1. The Morgan fingerprint density at radius 1 is 1.25 bits per heavy atom. The summed E-state index contributed by atoms with van der Waals surface area (Å²) in [5.74, 6) is -1.44. The van der Waals surface area contributed by atoms with Crippen LogP contribution in [0.25, 0.3) is 0 Å². The molecular formula is C17H20N2O5. The van der Waals surface area contributed by atoms with E-state index in [0.717, 1.165) is 0 Å². The number of carbonyl (C=O) groups is 4. The third kappa shape index (κ3) is 4.65. The van der Waals surface area contributed by atoms with Gasteiger partial charge in [0.05, 0.1) is 0 Å². The standard InChI is InChI=1S/C17H20N2O5/c1-10(20)24-14-7-5-11(6-8-14)17(23)19-15(16(18)22)12-3-2-4-13(21)9-12/h5-8,12,15H,2-4,9H2,1H3,(H2,18,22)(H,19,23)/t12-,15-/m0/s1. The van der Waals surface area contributed by atoms with Crippen molar-refractivity contribution in [3.8, 4) is 5.75 Å². The monoisotopic (exact) mass is 332 g/mol. The predicted molar refractivity (Wildman–Crippen MR) is 85.2 cm³/mol. The van der Waals surface area contributed by atoms with E-state index in [2.05, 4.69) is 5.32 Å². The topological polar surface area (TPSA) is 116 Å². The van der Waals surface area contributed by atoms with Gasteiger partial charge in [0.2, 0.25) is 5.91 Å². The van der Waals surface area contributed by atoms with Crippen molar-refractivity contribution in [2.24, 2.45) is 11.7 Å². The average Bonchev–Trinajstić information content (AvgIpc) is 2.52. The molecule has 1 saturated carbocycles. The summed E-state index contributed by atoms with van der Waals surface area (Å²) in [6.07, 6.45) is 2.12. The molecule has 1 aliphatic carbocycles. The summed E-state index contributed by atoms with van der Waals surface area (Å²) in [5, 5.41) is 2.61. The lowest BCUT2D eigenvalue weighted by Gasteiger charge is -2.28. The van der Waals surface area contributed by atoms with E-state index in [4.69, 9.17) is 10.5 Å². The molecule has 0 bridgehead atoms. The minimum Gasteiger partial charge on any atom is -0.427 e. The van der Waals surface area contributed by atoms with E-state index >= 15 is 0 Å². The number of amides is 2. The van der Waals surface area contributed by atoms with Crippen molar-refractivity contribution in [3.63, 3.8) is 0 Å². The summed E-state index contributed by atoms with van der Waals surface area (Å²) in [4.78, 5) is 46.4. The van der Waals surface area contributed by atoms with Gasteiger partial charge in [-0.2, -0.15) is 0 Å². The van der Waals surface area contributed by atoms with E-state index in [-0.39, 0.29) is 18.1 Å². The van der Waals surface area contributed by atoms with Gasteiger partial charge in [-0.25, -0.2) is 0 Å². The van der Waals surface area contributed by atoms with Gasteiger partial charge in [0.15, 0.2) is 0 Å². The maximum Gasteiger partial charge on any atom is 0.308 e. The summed E-state index contributed by atoms with van der Waals surface area (Å²) < 4.78 is 4.89. The minimum atomic E-state index is -0.880. The van der Waals surface area contributed by atoms with E-state index in [1.807, 2.05) is 0 Å². The quantitative estimate of drug-likeness (QED) is 0.615. The van der Waals surface area contributed by atoms with Gasteiger partial charge in [0, 0.05) is 25.3 Å². The van der Waals surface area contributed by atoms with Crippen molar-refractivity contribution in [2.75, 3.05) is 0 Å². The van der Waals surface area contributed by atoms with E-state index in [9.17, 15) is 19.2 Å². The Hall–Kier alpha value is -2.70. The molecule has 7 heteroatoms. The first-order valence-corrected chi connectivity index (χ1v) is 7.77. The zero-order valence-electron chi connectivity index (χ0n) is 13.4. The second-order valence-corrected chi connectivity index (χ2v) is 5.87. The van der Waals surface area contributed by atoms with Gasteiger partial charge in [-0.15, -0.1) is 0 Å². The molecule has 3 N–H and O–H groups in total. The fourth-order valence-electron chi connectivity index (χ4n) is 2.83. The third-order valence-corrected chi connectivity index (χ3v) is 3.96. The molecule has 0 aromatic heterocycles. The van der Waals surface area contributed by atoms with Crippen molar-refractivity contribution in [1.82, 2.24) is 5.32 Å². The van der Waals surface area contributed by atoms with Gasteiger partial charge >= 0.3 is 5.97 Å². The van der Waals surface area contributed by atoms with Crippen LogP contribution in [-0.2, 0) is 14.4 Å². The van der Waals surface area contributed by atoms with Crippen molar-refractivity contribution >= 4 is 23.6 Å². The SMILES string of the molecule is CC(=O)Oc1ccc(C(=O)N[C@H](C(N)=O)[C@H]2CCCC(=O)C2)cc1. The van der Waals surface area contributed by atoms with Crippen molar-refractivity contribution in [3.05, 3.63) is 29.8 Å². The number of nitrogens with two attached hydrogens (primary N) is 1. The number of rotatable bonds is 5. The fraction of sp³-hybridized carbons (Fsp3) is 0.412. The molecule has 2 atom stereocenters. The summed E-state index contributed by atoms with van der Waals surface area (Å²) >= 11 is 0. The number of hydrogen-bond donors (Lipinski definition) is 2. The van der Waals surface area contributed by atoms with Gasteiger partial charge in [0.1, 0.15) is 17.6 Å². The molecule has 0 unspecified atom stereocenters. The first-order chi connectivity index (χ1) is 11.4. The van der Waals surface area contributed by atoms with E-state index < -0.39 is 23.8 Å². The Morgan fingerprint density at radius 3 is 2.46 bits per heavy atom. The lowest BCUT2D eigenvalue weighted by molar-refractivity contribution is -0.132. The summed E-state index contributed by atoms with van der Waals surface area (Å²) in [5.41, 5.74) is 5.70. The molecule has 2 rings (SSSR count). The molecule has 0 saturated heterocycles. The molecule has 1 aromatic rings. The number of esters is 1. The lowest BCUT2D eigenvalue weighted by atomic mass is 9.82. The molecule has 0 aliphatic heterocycles. The van der Waals surface area contributed by atoms with Crippen LogP contribution < -0.4 is 15.8 Å². The molecule has 0 spiro atoms. The molecule has 1 aromatic carbocycles. The first kappa shape index (κ1) is 17.7. The van der Waals surface area contributed by atoms with Crippen LogP contribution in [0.3, 0.4) is 0 Å². The number of benzene rings is 1. The van der Waals surface area contributed by atoms with Crippen LogP contribution in [0.1, 0.15) is 43.0 Å². The van der Waals surface area contributed by atoms with E-state index in [0.29, 0.717) is 30.6 Å². The highest BCUT2D eigenvalue weighted by Crippen LogP contribution is 2.24. The van der Waals surface area contributed by atoms with Gasteiger partial charge in [-0.05, 0) is 43.0 Å². The summed E-state index contributed by atoms with van der Waals surface area (Å²) in [6.45, 7) is 1.28. The third-order valence-electron chi connectivity index (χ3n) is 3.96. The Balaban J connectivity index is 2.06. The smallest absolute Gasteiger partial charge is 0.308 e. The molecule has 7 nitrogen and oxygen atoms in total. The number of ether oxygens (including phenoxy) is 1. The highest BCUT2D eigenvalue weighted by atomic mass is 16.5.